The summed E-state index contributed by atoms with van der Waals surface area (Å²) in [6.45, 7) is 2.44. The third kappa shape index (κ3) is 15.1. The zero-order valence-electron chi connectivity index (χ0n) is 14.9. The number of carboxylic acids is 3. The van der Waals surface area contributed by atoms with Crippen LogP contribution in [0.5, 0.6) is 0 Å². The molecule has 0 aliphatic heterocycles. The summed E-state index contributed by atoms with van der Waals surface area (Å²) < 4.78 is 0. The predicted octanol–water partition coefficient (Wildman–Crippen LogP) is -2.19. The molecule has 2 heterocycles. The Morgan fingerprint density at radius 2 is 1.29 bits per heavy atom. The first-order chi connectivity index (χ1) is 12.5. The van der Waals surface area contributed by atoms with Crippen molar-refractivity contribution in [2.75, 3.05) is 0 Å². The minimum atomic E-state index is -1.58. The van der Waals surface area contributed by atoms with E-state index in [2.05, 4.69) is 19.9 Å². The number of imidazole rings is 2. The molecule has 0 amide bonds. The molecule has 0 spiro atoms. The standard InChI is InChI=1S/2C6H6N2O2.C4H8O3.Se/c2*9-6(10)2-1-5-3-7-4-8-5;1-4(2,7)3(5)6;/h2*1-4H,(H,7,8)(H,9,10);7H,1-2H3,(H,5,6);/q;;;+2/p-2. The normalized spacial score (nSPS) is 10.2. The number of aromatic amines is 2. The Morgan fingerprint density at radius 3 is 1.46 bits per heavy atom. The van der Waals surface area contributed by atoms with Gasteiger partial charge in [-0.3, -0.25) is 0 Å². The minimum Gasteiger partial charge on any atom is -0.545 e. The molecule has 2 aromatic rings. The van der Waals surface area contributed by atoms with Crippen LogP contribution in [0.3, 0.4) is 0 Å². The predicted molar refractivity (Wildman–Crippen MR) is 94.9 cm³/mol. The maximum absolute atomic E-state index is 9.86. The summed E-state index contributed by atoms with van der Waals surface area (Å²) in [5, 5.41) is 36.2. The number of rotatable bonds is 5. The quantitative estimate of drug-likeness (QED) is 0.285. The van der Waals surface area contributed by atoms with E-state index >= 15 is 0 Å². The van der Waals surface area contributed by atoms with E-state index in [1.54, 1.807) is 12.4 Å². The van der Waals surface area contributed by atoms with Crippen LogP contribution in [0.2, 0.25) is 0 Å². The molecule has 12 heteroatoms. The van der Waals surface area contributed by atoms with Gasteiger partial charge in [-0.15, -0.1) is 0 Å². The van der Waals surface area contributed by atoms with Crippen LogP contribution in [0, 0.1) is 0 Å². The molecule has 0 fully saturated rings. The smallest absolute Gasteiger partial charge is 0.545 e. The van der Waals surface area contributed by atoms with Crippen molar-refractivity contribution in [3.63, 3.8) is 0 Å². The van der Waals surface area contributed by atoms with Crippen LogP contribution in [-0.4, -0.2) is 70.7 Å². The number of carbonyl (C=O) groups is 3. The number of aliphatic carboxylic acids is 3. The van der Waals surface area contributed by atoms with Crippen LogP contribution in [0.25, 0.3) is 12.2 Å². The maximum Gasteiger partial charge on any atom is 2.00 e. The van der Waals surface area contributed by atoms with Gasteiger partial charge in [-0.05, 0) is 38.2 Å². The second kappa shape index (κ2) is 13.9. The van der Waals surface area contributed by atoms with Crippen LogP contribution in [0.15, 0.2) is 37.2 Å². The number of H-pyrrole nitrogens is 2. The molecule has 2 aromatic heterocycles. The molecule has 0 bridgehead atoms. The van der Waals surface area contributed by atoms with Gasteiger partial charge < -0.3 is 40.0 Å². The van der Waals surface area contributed by atoms with Crippen molar-refractivity contribution in [3.05, 3.63) is 48.6 Å². The fourth-order valence-corrected chi connectivity index (χ4v) is 1.03. The number of aromatic nitrogens is 4. The van der Waals surface area contributed by atoms with Crippen molar-refractivity contribution in [1.82, 2.24) is 19.9 Å². The largest absolute Gasteiger partial charge is 2.00 e. The maximum atomic E-state index is 9.86. The van der Waals surface area contributed by atoms with E-state index in [1.165, 1.54) is 38.7 Å². The van der Waals surface area contributed by atoms with E-state index in [0.717, 1.165) is 12.2 Å². The van der Waals surface area contributed by atoms with Crippen LogP contribution >= 0.6 is 0 Å². The van der Waals surface area contributed by atoms with Crippen LogP contribution in [0.4, 0.5) is 0 Å². The Hall–Kier alpha value is -3.21. The molecule has 0 saturated carbocycles. The second-order valence-corrected chi connectivity index (χ2v) is 5.16. The van der Waals surface area contributed by atoms with Crippen molar-refractivity contribution < 1.29 is 34.8 Å². The summed E-state index contributed by atoms with van der Waals surface area (Å²) in [5.41, 5.74) is -0.437. The molecule has 28 heavy (non-hydrogen) atoms. The summed E-state index contributed by atoms with van der Waals surface area (Å²) in [6, 6.07) is 0. The van der Waals surface area contributed by atoms with Gasteiger partial charge in [-0.2, -0.15) is 0 Å². The number of hydrogen-bond acceptors (Lipinski definition) is 8. The van der Waals surface area contributed by atoms with Gasteiger partial charge in [0.15, 0.2) is 5.60 Å². The monoisotopic (exact) mass is 458 g/mol. The van der Waals surface area contributed by atoms with Gasteiger partial charge in [0.25, 0.3) is 0 Å². The third-order valence-electron chi connectivity index (χ3n) is 2.34. The SMILES string of the molecule is CC(C)(O)C(=O)O.O=C([O-])C=Cc1c[nH]cn1.O=C([O-])C=Cc1c[nH]cn1.[Se+2]. The van der Waals surface area contributed by atoms with Crippen molar-refractivity contribution in [2.24, 2.45) is 0 Å². The first-order valence-corrected chi connectivity index (χ1v) is 7.23. The zero-order valence-corrected chi connectivity index (χ0v) is 16.6. The summed E-state index contributed by atoms with van der Waals surface area (Å²) in [6.07, 6.45) is 10.7. The molecule has 0 aromatic carbocycles. The Labute approximate surface area is 170 Å². The minimum absolute atomic E-state index is 0. The van der Waals surface area contributed by atoms with Gasteiger partial charge in [0.1, 0.15) is 0 Å². The topological polar surface area (TPSA) is 195 Å². The van der Waals surface area contributed by atoms with Crippen molar-refractivity contribution in [1.29, 1.82) is 0 Å². The number of aliphatic hydroxyl groups is 1. The van der Waals surface area contributed by atoms with E-state index in [1.807, 2.05) is 0 Å². The molecule has 150 valence electrons. The van der Waals surface area contributed by atoms with E-state index in [-0.39, 0.29) is 17.1 Å². The van der Waals surface area contributed by atoms with Gasteiger partial charge in [-0.1, -0.05) is 0 Å². The van der Waals surface area contributed by atoms with Crippen molar-refractivity contribution >= 4 is 47.1 Å². The Morgan fingerprint density at radius 1 is 0.964 bits per heavy atom. The van der Waals surface area contributed by atoms with E-state index in [0.29, 0.717) is 11.4 Å². The van der Waals surface area contributed by atoms with Crippen molar-refractivity contribution in [2.45, 2.75) is 19.4 Å². The Balaban J connectivity index is 0. The van der Waals surface area contributed by atoms with Crippen LogP contribution < -0.4 is 10.2 Å². The molecular weight excluding hydrogens is 439 g/mol. The molecule has 0 atom stereocenters. The molecule has 0 unspecified atom stereocenters. The summed E-state index contributed by atoms with van der Waals surface area (Å²) in [7, 11) is 0. The average molecular weight is 457 g/mol. The van der Waals surface area contributed by atoms with E-state index in [9.17, 15) is 24.6 Å². The number of nitrogens with zero attached hydrogens (tertiary/aromatic N) is 2. The molecule has 0 aliphatic rings. The summed E-state index contributed by atoms with van der Waals surface area (Å²) in [5.74, 6) is -3.64. The fraction of sp³-hybridized carbons (Fsp3) is 0.188. The first-order valence-electron chi connectivity index (χ1n) is 7.23. The van der Waals surface area contributed by atoms with Gasteiger partial charge >= 0.3 is 23.0 Å². The van der Waals surface area contributed by atoms with Gasteiger partial charge in [0.2, 0.25) is 0 Å². The van der Waals surface area contributed by atoms with Gasteiger partial charge in [0.05, 0.1) is 36.0 Å². The molecule has 0 aliphatic carbocycles. The van der Waals surface area contributed by atoms with Crippen LogP contribution in [0.1, 0.15) is 25.2 Å². The molecule has 4 radical (unpaired) electrons. The van der Waals surface area contributed by atoms with Crippen LogP contribution in [-0.2, 0) is 14.4 Å². The van der Waals surface area contributed by atoms with Gasteiger partial charge in [0, 0.05) is 12.4 Å². The number of hydrogen-bond donors (Lipinski definition) is 4. The Bertz CT molecular complexity index is 709. The first kappa shape index (κ1) is 27.0. The molecular formula is C16H18N4O7Se. The molecule has 11 nitrogen and oxygen atoms in total. The molecule has 2 rings (SSSR count). The zero-order chi connectivity index (χ0) is 20.9. The second-order valence-electron chi connectivity index (χ2n) is 5.16. The number of carboxylic acid groups (broad SMARTS) is 3. The summed E-state index contributed by atoms with van der Waals surface area (Å²) >= 11 is 0. The third-order valence-corrected chi connectivity index (χ3v) is 2.34. The average Bonchev–Trinajstić information content (AvgIpc) is 3.25. The number of carbonyl (C=O) groups excluding carboxylic acids is 2. The number of nitrogens with one attached hydrogen (secondary N) is 2. The van der Waals surface area contributed by atoms with E-state index < -0.39 is 23.5 Å². The van der Waals surface area contributed by atoms with E-state index in [4.69, 9.17) is 10.2 Å². The fourth-order valence-electron chi connectivity index (χ4n) is 1.03. The molecule has 4 N–H and O–H groups in total. The molecule has 0 saturated heterocycles. The van der Waals surface area contributed by atoms with Crippen molar-refractivity contribution in [3.8, 4) is 0 Å². The van der Waals surface area contributed by atoms with Gasteiger partial charge in [-0.25, -0.2) is 14.8 Å². The summed E-state index contributed by atoms with van der Waals surface area (Å²) in [4.78, 5) is 42.4. The Kier molecular flexibility index (Phi) is 13.4.